The monoisotopic (exact) mass is 509 g/mol. The first-order valence-corrected chi connectivity index (χ1v) is 14.8. The standard InChI is InChI=1S/C30H43NO4Si/c1-23(19-20-24(21-28(32)31(7)8)27-22-33-30(5,6)34-27)35-36(29(2,3)4,25-15-11-9-12-16-25)26-17-13-10-14-18-26/h9-20,23-24,27H,21-22H2,1-8H3/b20-19+/t23-,24-,27+/m0/s1. The van der Waals surface area contributed by atoms with Gasteiger partial charge in [-0.05, 0) is 36.2 Å². The molecule has 0 aliphatic carbocycles. The summed E-state index contributed by atoms with van der Waals surface area (Å²) in [5, 5.41) is 2.39. The van der Waals surface area contributed by atoms with Crippen LogP contribution in [0.4, 0.5) is 0 Å². The molecule has 196 valence electrons. The highest BCUT2D eigenvalue weighted by molar-refractivity contribution is 6.99. The average molecular weight is 510 g/mol. The number of rotatable bonds is 9. The van der Waals surface area contributed by atoms with E-state index in [1.54, 1.807) is 19.0 Å². The molecule has 1 aliphatic rings. The fraction of sp³-hybridized carbons (Fsp3) is 0.500. The predicted molar refractivity (Wildman–Crippen MR) is 149 cm³/mol. The molecule has 0 unspecified atom stereocenters. The van der Waals surface area contributed by atoms with Crippen LogP contribution in [0.3, 0.4) is 0 Å². The molecule has 36 heavy (non-hydrogen) atoms. The number of amides is 1. The van der Waals surface area contributed by atoms with E-state index >= 15 is 0 Å². The second kappa shape index (κ2) is 11.4. The van der Waals surface area contributed by atoms with Gasteiger partial charge in [-0.1, -0.05) is 93.6 Å². The van der Waals surface area contributed by atoms with E-state index in [1.165, 1.54) is 10.4 Å². The highest BCUT2D eigenvalue weighted by Crippen LogP contribution is 2.38. The molecule has 2 aromatic carbocycles. The van der Waals surface area contributed by atoms with Crippen molar-refractivity contribution in [3.05, 3.63) is 72.8 Å². The lowest BCUT2D eigenvalue weighted by Crippen LogP contribution is -2.67. The Labute approximate surface area is 218 Å². The number of carbonyl (C=O) groups excluding carboxylic acids is 1. The molecule has 0 radical (unpaired) electrons. The van der Waals surface area contributed by atoms with Crippen molar-refractivity contribution in [2.24, 2.45) is 5.92 Å². The predicted octanol–water partition coefficient (Wildman–Crippen LogP) is 4.75. The number of carbonyl (C=O) groups is 1. The normalized spacial score (nSPS) is 19.8. The third kappa shape index (κ3) is 6.54. The summed E-state index contributed by atoms with van der Waals surface area (Å²) >= 11 is 0. The molecule has 2 aromatic rings. The van der Waals surface area contributed by atoms with E-state index in [0.717, 1.165) is 0 Å². The van der Waals surface area contributed by atoms with Crippen molar-refractivity contribution in [3.8, 4) is 0 Å². The van der Waals surface area contributed by atoms with E-state index in [2.05, 4.69) is 101 Å². The van der Waals surface area contributed by atoms with Gasteiger partial charge in [0.2, 0.25) is 5.91 Å². The van der Waals surface area contributed by atoms with Crippen LogP contribution < -0.4 is 10.4 Å². The summed E-state index contributed by atoms with van der Waals surface area (Å²) < 4.78 is 19.1. The van der Waals surface area contributed by atoms with Crippen LogP contribution >= 0.6 is 0 Å². The summed E-state index contributed by atoms with van der Waals surface area (Å²) in [5.74, 6) is -0.681. The van der Waals surface area contributed by atoms with Gasteiger partial charge in [-0.25, -0.2) is 0 Å². The Morgan fingerprint density at radius 2 is 1.58 bits per heavy atom. The van der Waals surface area contributed by atoms with Crippen LogP contribution in [0.2, 0.25) is 5.04 Å². The van der Waals surface area contributed by atoms with Gasteiger partial charge in [-0.2, -0.15) is 0 Å². The number of benzene rings is 2. The van der Waals surface area contributed by atoms with Crippen molar-refractivity contribution in [2.45, 2.75) is 71.0 Å². The maximum Gasteiger partial charge on any atom is 0.261 e. The SMILES string of the molecule is C[C@@H](/C=C/[C@@H](CC(=O)N(C)C)[C@H]1COC(C)(C)O1)O[Si](c1ccccc1)(c1ccccc1)C(C)(C)C. The van der Waals surface area contributed by atoms with Crippen molar-refractivity contribution in [3.63, 3.8) is 0 Å². The average Bonchev–Trinajstić information content (AvgIpc) is 3.19. The maximum atomic E-state index is 12.6. The van der Waals surface area contributed by atoms with Crippen molar-refractivity contribution >= 4 is 24.6 Å². The van der Waals surface area contributed by atoms with Gasteiger partial charge in [0.15, 0.2) is 5.79 Å². The summed E-state index contributed by atoms with van der Waals surface area (Å²) in [4.78, 5) is 14.2. The molecule has 6 heteroatoms. The fourth-order valence-corrected chi connectivity index (χ4v) is 9.59. The van der Waals surface area contributed by atoms with E-state index < -0.39 is 14.1 Å². The molecule has 3 atom stereocenters. The van der Waals surface area contributed by atoms with E-state index in [-0.39, 0.29) is 29.1 Å². The van der Waals surface area contributed by atoms with Crippen LogP contribution in [0.5, 0.6) is 0 Å². The van der Waals surface area contributed by atoms with Gasteiger partial charge < -0.3 is 18.8 Å². The van der Waals surface area contributed by atoms with Crippen molar-refractivity contribution < 1.29 is 18.7 Å². The Kier molecular flexibility index (Phi) is 8.99. The Hall–Kier alpha value is -2.25. The van der Waals surface area contributed by atoms with Crippen LogP contribution in [-0.4, -0.2) is 57.8 Å². The van der Waals surface area contributed by atoms with Gasteiger partial charge in [0, 0.05) is 26.4 Å². The molecule has 3 rings (SSSR count). The van der Waals surface area contributed by atoms with E-state index in [1.807, 2.05) is 13.8 Å². The quantitative estimate of drug-likeness (QED) is 0.361. The van der Waals surface area contributed by atoms with Gasteiger partial charge in [0.1, 0.15) is 0 Å². The van der Waals surface area contributed by atoms with Gasteiger partial charge in [0.25, 0.3) is 8.32 Å². The molecule has 1 heterocycles. The summed E-state index contributed by atoms with van der Waals surface area (Å²) in [6.45, 7) is 13.2. The smallest absolute Gasteiger partial charge is 0.261 e. The summed E-state index contributed by atoms with van der Waals surface area (Å²) in [7, 11) is 0.900. The van der Waals surface area contributed by atoms with Crippen LogP contribution in [-0.2, 0) is 18.7 Å². The van der Waals surface area contributed by atoms with Crippen LogP contribution in [0.1, 0.15) is 48.0 Å². The van der Waals surface area contributed by atoms with Gasteiger partial charge >= 0.3 is 0 Å². The molecule has 1 aliphatic heterocycles. The second-order valence-electron chi connectivity index (χ2n) is 11.4. The molecule has 0 N–H and O–H groups in total. The van der Waals surface area contributed by atoms with Crippen LogP contribution in [0.15, 0.2) is 72.8 Å². The first-order chi connectivity index (χ1) is 16.9. The fourth-order valence-electron chi connectivity index (χ4n) is 4.94. The Bertz CT molecular complexity index is 975. The second-order valence-corrected chi connectivity index (χ2v) is 15.6. The highest BCUT2D eigenvalue weighted by Gasteiger charge is 2.50. The molecule has 1 saturated heterocycles. The molecular formula is C30H43NO4Si. The Morgan fingerprint density at radius 3 is 2.00 bits per heavy atom. The molecule has 5 nitrogen and oxygen atoms in total. The van der Waals surface area contributed by atoms with Crippen molar-refractivity contribution in [1.82, 2.24) is 4.90 Å². The topological polar surface area (TPSA) is 48.0 Å². The first kappa shape index (κ1) is 28.3. The summed E-state index contributed by atoms with van der Waals surface area (Å²) in [5.41, 5.74) is 0. The van der Waals surface area contributed by atoms with Gasteiger partial charge in [0.05, 0.1) is 18.8 Å². The number of hydrogen-bond donors (Lipinski definition) is 0. The third-order valence-corrected chi connectivity index (χ3v) is 12.0. The molecule has 0 bridgehead atoms. The maximum absolute atomic E-state index is 12.6. The number of nitrogens with zero attached hydrogens (tertiary/aromatic N) is 1. The minimum absolute atomic E-state index is 0.0681. The number of ether oxygens (including phenoxy) is 2. The van der Waals surface area contributed by atoms with Crippen molar-refractivity contribution in [2.75, 3.05) is 20.7 Å². The molecule has 0 aromatic heterocycles. The molecule has 0 spiro atoms. The lowest BCUT2D eigenvalue weighted by Gasteiger charge is -2.44. The zero-order chi connectivity index (χ0) is 26.6. The minimum atomic E-state index is -2.67. The summed E-state index contributed by atoms with van der Waals surface area (Å²) in [6, 6.07) is 21.3. The van der Waals surface area contributed by atoms with E-state index in [0.29, 0.717) is 13.0 Å². The van der Waals surface area contributed by atoms with Crippen molar-refractivity contribution in [1.29, 1.82) is 0 Å². The zero-order valence-electron chi connectivity index (χ0n) is 23.2. The Balaban J connectivity index is 1.95. The van der Waals surface area contributed by atoms with Gasteiger partial charge in [-0.3, -0.25) is 4.79 Å². The minimum Gasteiger partial charge on any atom is -0.401 e. The van der Waals surface area contributed by atoms with E-state index in [4.69, 9.17) is 13.9 Å². The number of hydrogen-bond acceptors (Lipinski definition) is 4. The third-order valence-electron chi connectivity index (χ3n) is 6.83. The molecule has 0 saturated carbocycles. The first-order valence-electron chi connectivity index (χ1n) is 12.8. The molecule has 1 fully saturated rings. The molecular weight excluding hydrogens is 466 g/mol. The van der Waals surface area contributed by atoms with Crippen LogP contribution in [0, 0.1) is 5.92 Å². The Morgan fingerprint density at radius 1 is 1.06 bits per heavy atom. The lowest BCUT2D eigenvalue weighted by molar-refractivity contribution is -0.145. The highest BCUT2D eigenvalue weighted by atomic mass is 28.4. The zero-order valence-corrected chi connectivity index (χ0v) is 24.2. The van der Waals surface area contributed by atoms with Gasteiger partial charge in [-0.15, -0.1) is 0 Å². The van der Waals surface area contributed by atoms with E-state index in [9.17, 15) is 4.79 Å². The molecule has 1 amide bonds. The van der Waals surface area contributed by atoms with Crippen LogP contribution in [0.25, 0.3) is 0 Å². The lowest BCUT2D eigenvalue weighted by atomic mass is 9.97. The largest absolute Gasteiger partial charge is 0.401 e. The summed E-state index contributed by atoms with van der Waals surface area (Å²) in [6.07, 6.45) is 4.21.